The Labute approximate surface area is 171 Å². The quantitative estimate of drug-likeness (QED) is 0.311. The van der Waals surface area contributed by atoms with Gasteiger partial charge in [-0.25, -0.2) is 9.37 Å². The number of benzene rings is 1. The fourth-order valence-corrected chi connectivity index (χ4v) is 3.87. The van der Waals surface area contributed by atoms with Gasteiger partial charge in [0.25, 0.3) is 0 Å². The molecule has 2 rings (SSSR count). The van der Waals surface area contributed by atoms with Gasteiger partial charge >= 0.3 is 0 Å². The fourth-order valence-electron chi connectivity index (χ4n) is 3.87. The van der Waals surface area contributed by atoms with Gasteiger partial charge in [-0.05, 0) is 48.8 Å². The van der Waals surface area contributed by atoms with Crippen LogP contribution >= 0.6 is 0 Å². The normalized spacial score (nSPS) is 12.4. The summed E-state index contributed by atoms with van der Waals surface area (Å²) in [6.45, 7) is 4.47. The van der Waals surface area contributed by atoms with Crippen LogP contribution in [0.2, 0.25) is 0 Å². The van der Waals surface area contributed by atoms with Gasteiger partial charge < -0.3 is 4.98 Å². The van der Waals surface area contributed by atoms with E-state index in [1.54, 1.807) is 6.07 Å². The molecule has 3 heteroatoms. The van der Waals surface area contributed by atoms with E-state index >= 15 is 0 Å². The van der Waals surface area contributed by atoms with Crippen molar-refractivity contribution in [3.05, 3.63) is 53.4 Å². The van der Waals surface area contributed by atoms with Crippen LogP contribution in [0, 0.1) is 5.82 Å². The van der Waals surface area contributed by atoms with Crippen LogP contribution in [0.3, 0.4) is 0 Å². The third kappa shape index (κ3) is 8.58. The molecule has 2 nitrogen and oxygen atoms in total. The van der Waals surface area contributed by atoms with Crippen LogP contribution in [0.1, 0.15) is 107 Å². The molecule has 1 atom stereocenters. The molecule has 1 heterocycles. The highest BCUT2D eigenvalue weighted by molar-refractivity contribution is 5.26. The van der Waals surface area contributed by atoms with Crippen LogP contribution in [0.4, 0.5) is 4.39 Å². The number of imidazole rings is 1. The number of aryl methyl sites for hydroxylation is 2. The van der Waals surface area contributed by atoms with Crippen LogP contribution in [0.15, 0.2) is 30.6 Å². The van der Waals surface area contributed by atoms with E-state index in [2.05, 4.69) is 29.9 Å². The molecular weight excluding hydrogens is 347 g/mol. The number of unbranched alkanes of at least 4 members (excludes halogenated alkanes) is 8. The van der Waals surface area contributed by atoms with Gasteiger partial charge in [-0.1, -0.05) is 77.3 Å². The molecule has 0 saturated carbocycles. The molecule has 156 valence electrons. The van der Waals surface area contributed by atoms with Crippen molar-refractivity contribution < 1.29 is 4.39 Å². The summed E-state index contributed by atoms with van der Waals surface area (Å²) in [6.07, 6.45) is 19.2. The van der Waals surface area contributed by atoms with Gasteiger partial charge in [-0.15, -0.1) is 0 Å². The zero-order valence-electron chi connectivity index (χ0n) is 18.0. The number of H-pyrrole nitrogens is 1. The number of hydrogen-bond donors (Lipinski definition) is 1. The number of rotatable bonds is 15. The maximum Gasteiger partial charge on any atom is 0.126 e. The van der Waals surface area contributed by atoms with E-state index < -0.39 is 0 Å². The van der Waals surface area contributed by atoms with Gasteiger partial charge in [0.05, 0.1) is 0 Å². The Morgan fingerprint density at radius 1 is 0.929 bits per heavy atom. The van der Waals surface area contributed by atoms with E-state index in [1.165, 1.54) is 51.4 Å². The van der Waals surface area contributed by atoms with E-state index in [1.807, 2.05) is 18.5 Å². The van der Waals surface area contributed by atoms with Crippen molar-refractivity contribution >= 4 is 0 Å². The lowest BCUT2D eigenvalue weighted by Gasteiger charge is -2.13. The first-order valence-corrected chi connectivity index (χ1v) is 11.5. The number of hydrogen-bond acceptors (Lipinski definition) is 1. The number of halogens is 1. The molecule has 0 spiro atoms. The largest absolute Gasteiger partial charge is 0.349 e. The van der Waals surface area contributed by atoms with Gasteiger partial charge in [0.1, 0.15) is 11.6 Å². The number of aromatic nitrogens is 2. The maximum absolute atomic E-state index is 14.5. The standard InChI is InChI=1S/C25H39FN2/c1-3-4-5-6-7-8-11-14-22-16-17-23(20-24(22)26)21(2)13-10-9-12-15-25-27-18-19-28-25/h16-21H,3-15H2,1-2H3,(H,27,28). The first-order chi connectivity index (χ1) is 13.7. The molecule has 0 aliphatic heterocycles. The Kier molecular flexibility index (Phi) is 10.9. The minimum Gasteiger partial charge on any atom is -0.349 e. The number of nitrogens with zero attached hydrogens (tertiary/aromatic N) is 1. The predicted octanol–water partition coefficient (Wildman–Crippen LogP) is 7.75. The van der Waals surface area contributed by atoms with Crippen LogP contribution in [0.25, 0.3) is 0 Å². The lowest BCUT2D eigenvalue weighted by molar-refractivity contribution is 0.561. The third-order valence-corrected chi connectivity index (χ3v) is 5.80. The van der Waals surface area contributed by atoms with Gasteiger partial charge in [0.2, 0.25) is 0 Å². The Morgan fingerprint density at radius 3 is 2.36 bits per heavy atom. The molecule has 1 unspecified atom stereocenters. The zero-order valence-corrected chi connectivity index (χ0v) is 18.0. The summed E-state index contributed by atoms with van der Waals surface area (Å²) in [5.41, 5.74) is 2.04. The van der Waals surface area contributed by atoms with Crippen molar-refractivity contribution in [2.75, 3.05) is 0 Å². The number of aromatic amines is 1. The molecule has 0 amide bonds. The van der Waals surface area contributed by atoms with Crippen LogP contribution in [-0.2, 0) is 12.8 Å². The highest BCUT2D eigenvalue weighted by atomic mass is 19.1. The number of nitrogens with one attached hydrogen (secondary N) is 1. The van der Waals surface area contributed by atoms with Crippen molar-refractivity contribution in [3.8, 4) is 0 Å². The van der Waals surface area contributed by atoms with Crippen LogP contribution < -0.4 is 0 Å². The highest BCUT2D eigenvalue weighted by Crippen LogP contribution is 2.25. The Hall–Kier alpha value is -1.64. The van der Waals surface area contributed by atoms with Crippen molar-refractivity contribution in [2.45, 2.75) is 103 Å². The minimum atomic E-state index is -0.00634. The van der Waals surface area contributed by atoms with Crippen molar-refractivity contribution in [1.82, 2.24) is 9.97 Å². The molecule has 0 radical (unpaired) electrons. The topological polar surface area (TPSA) is 28.7 Å². The fraction of sp³-hybridized carbons (Fsp3) is 0.640. The molecular formula is C25H39FN2. The zero-order chi connectivity index (χ0) is 20.0. The summed E-state index contributed by atoms with van der Waals surface area (Å²) in [6, 6.07) is 5.95. The van der Waals surface area contributed by atoms with Crippen molar-refractivity contribution in [3.63, 3.8) is 0 Å². The van der Waals surface area contributed by atoms with Crippen LogP contribution in [0.5, 0.6) is 0 Å². The van der Waals surface area contributed by atoms with E-state index in [4.69, 9.17) is 0 Å². The molecule has 28 heavy (non-hydrogen) atoms. The van der Waals surface area contributed by atoms with E-state index in [-0.39, 0.29) is 5.82 Å². The lowest BCUT2D eigenvalue weighted by atomic mass is 9.93. The van der Waals surface area contributed by atoms with Gasteiger partial charge in [0, 0.05) is 18.8 Å². The SMILES string of the molecule is CCCCCCCCCc1ccc(C(C)CCCCCc2ncc[nH]2)cc1F. The summed E-state index contributed by atoms with van der Waals surface area (Å²) in [5, 5.41) is 0. The Balaban J connectivity index is 1.63. The first kappa shape index (κ1) is 22.6. The Morgan fingerprint density at radius 2 is 1.64 bits per heavy atom. The molecule has 0 fully saturated rings. The molecule has 0 aliphatic carbocycles. The van der Waals surface area contributed by atoms with E-state index in [0.717, 1.165) is 49.1 Å². The minimum absolute atomic E-state index is 0.00634. The second-order valence-corrected chi connectivity index (χ2v) is 8.26. The lowest BCUT2D eigenvalue weighted by Crippen LogP contribution is -1.98. The average molecular weight is 387 g/mol. The summed E-state index contributed by atoms with van der Waals surface area (Å²) in [7, 11) is 0. The van der Waals surface area contributed by atoms with Gasteiger partial charge in [-0.3, -0.25) is 0 Å². The second-order valence-electron chi connectivity index (χ2n) is 8.26. The smallest absolute Gasteiger partial charge is 0.126 e. The van der Waals surface area contributed by atoms with Gasteiger partial charge in [-0.2, -0.15) is 0 Å². The molecule has 1 aromatic carbocycles. The summed E-state index contributed by atoms with van der Waals surface area (Å²) < 4.78 is 14.5. The van der Waals surface area contributed by atoms with E-state index in [9.17, 15) is 4.39 Å². The molecule has 1 aromatic heterocycles. The average Bonchev–Trinajstić information content (AvgIpc) is 3.21. The molecule has 0 bridgehead atoms. The monoisotopic (exact) mass is 386 g/mol. The van der Waals surface area contributed by atoms with Crippen molar-refractivity contribution in [2.24, 2.45) is 0 Å². The predicted molar refractivity (Wildman–Crippen MR) is 117 cm³/mol. The van der Waals surface area contributed by atoms with E-state index in [0.29, 0.717) is 5.92 Å². The summed E-state index contributed by atoms with van der Waals surface area (Å²) in [4.78, 5) is 7.41. The second kappa shape index (κ2) is 13.5. The third-order valence-electron chi connectivity index (χ3n) is 5.80. The highest BCUT2D eigenvalue weighted by Gasteiger charge is 2.09. The van der Waals surface area contributed by atoms with Crippen LogP contribution in [-0.4, -0.2) is 9.97 Å². The summed E-state index contributed by atoms with van der Waals surface area (Å²) >= 11 is 0. The molecule has 0 saturated heterocycles. The van der Waals surface area contributed by atoms with Crippen molar-refractivity contribution in [1.29, 1.82) is 0 Å². The molecule has 0 aliphatic rings. The molecule has 1 N–H and O–H groups in total. The first-order valence-electron chi connectivity index (χ1n) is 11.5. The Bertz CT molecular complexity index is 636. The van der Waals surface area contributed by atoms with Gasteiger partial charge in [0.15, 0.2) is 0 Å². The maximum atomic E-state index is 14.5. The summed E-state index contributed by atoms with van der Waals surface area (Å²) in [5.74, 6) is 1.49. The molecule has 2 aromatic rings.